The molecule has 0 saturated heterocycles. The van der Waals surface area contributed by atoms with E-state index in [-0.39, 0.29) is 0 Å². The average Bonchev–Trinajstić information content (AvgIpc) is 2.36. The Morgan fingerprint density at radius 3 is 2.47 bits per heavy atom. The van der Waals surface area contributed by atoms with Gasteiger partial charge in [-0.25, -0.2) is 8.78 Å². The maximum Gasteiger partial charge on any atom is 0.287 e. The normalized spacial score (nSPS) is 11.3. The first-order chi connectivity index (χ1) is 7.98. The molecule has 94 valence electrons. The Balaban J connectivity index is 2.58. The van der Waals surface area contributed by atoms with E-state index in [2.05, 4.69) is 5.32 Å². The summed E-state index contributed by atoms with van der Waals surface area (Å²) in [5.74, 6) is -3.86. The van der Waals surface area contributed by atoms with E-state index >= 15 is 0 Å². The third kappa shape index (κ3) is 4.32. The molecule has 1 aromatic carbocycles. The Morgan fingerprint density at radius 2 is 2.00 bits per heavy atom. The molecule has 1 aromatic rings. The Bertz CT molecular complexity index is 382. The number of benzene rings is 1. The minimum atomic E-state index is -3.28. The molecule has 17 heavy (non-hydrogen) atoms. The number of carbonyl (C=O) groups is 1. The zero-order chi connectivity index (χ0) is 12.9. The van der Waals surface area contributed by atoms with Crippen LogP contribution in [0.5, 0.6) is 0 Å². The van der Waals surface area contributed by atoms with E-state index in [9.17, 15) is 13.6 Å². The first kappa shape index (κ1) is 13.9. The first-order valence-corrected chi connectivity index (χ1v) is 6.12. The molecule has 0 aliphatic rings. The number of aliphatic hydroxyl groups excluding tert-OH is 1. The van der Waals surface area contributed by atoms with Crippen molar-refractivity contribution in [1.82, 2.24) is 5.32 Å². The van der Waals surface area contributed by atoms with Crippen LogP contribution in [-0.2, 0) is 0 Å². The molecule has 0 aliphatic carbocycles. The SMILES string of the molecule is CSc1ccc(C(=O)NCC(F)(F)CO)cc1. The molecule has 2 N–H and O–H groups in total. The second-order valence-electron chi connectivity index (χ2n) is 3.43. The molecule has 0 spiro atoms. The van der Waals surface area contributed by atoms with Crippen molar-refractivity contribution in [2.45, 2.75) is 10.8 Å². The summed E-state index contributed by atoms with van der Waals surface area (Å²) in [7, 11) is 0. The highest BCUT2D eigenvalue weighted by atomic mass is 32.2. The molecule has 0 fully saturated rings. The Kier molecular flexibility index (Phi) is 4.89. The number of carbonyl (C=O) groups excluding carboxylic acids is 1. The minimum Gasteiger partial charge on any atom is -0.390 e. The van der Waals surface area contributed by atoms with Gasteiger partial charge in [-0.3, -0.25) is 4.79 Å². The minimum absolute atomic E-state index is 0.316. The van der Waals surface area contributed by atoms with Crippen molar-refractivity contribution >= 4 is 17.7 Å². The molecule has 0 atom stereocenters. The summed E-state index contributed by atoms with van der Waals surface area (Å²) in [6, 6.07) is 6.62. The number of halogens is 2. The second-order valence-corrected chi connectivity index (χ2v) is 4.30. The van der Waals surface area contributed by atoms with Gasteiger partial charge in [-0.1, -0.05) is 0 Å². The van der Waals surface area contributed by atoms with Crippen LogP contribution in [0.1, 0.15) is 10.4 Å². The van der Waals surface area contributed by atoms with Gasteiger partial charge < -0.3 is 10.4 Å². The van der Waals surface area contributed by atoms with Crippen LogP contribution in [0.2, 0.25) is 0 Å². The molecule has 0 radical (unpaired) electrons. The molecular weight excluding hydrogens is 248 g/mol. The number of rotatable bonds is 5. The van der Waals surface area contributed by atoms with Crippen LogP contribution in [-0.4, -0.2) is 36.3 Å². The first-order valence-electron chi connectivity index (χ1n) is 4.89. The topological polar surface area (TPSA) is 49.3 Å². The number of nitrogens with one attached hydrogen (secondary N) is 1. The van der Waals surface area contributed by atoms with Crippen LogP contribution in [0.4, 0.5) is 8.78 Å². The van der Waals surface area contributed by atoms with Gasteiger partial charge in [0.25, 0.3) is 11.8 Å². The number of hydrogen-bond donors (Lipinski definition) is 2. The number of aliphatic hydroxyl groups is 1. The molecule has 1 rings (SSSR count). The van der Waals surface area contributed by atoms with Crippen molar-refractivity contribution in [2.24, 2.45) is 0 Å². The summed E-state index contributed by atoms with van der Waals surface area (Å²) in [5, 5.41) is 10.4. The van der Waals surface area contributed by atoms with E-state index in [1.165, 1.54) is 11.8 Å². The molecule has 0 heterocycles. The quantitative estimate of drug-likeness (QED) is 0.794. The van der Waals surface area contributed by atoms with E-state index in [1.54, 1.807) is 24.3 Å². The van der Waals surface area contributed by atoms with E-state index in [0.29, 0.717) is 5.56 Å². The van der Waals surface area contributed by atoms with E-state index in [4.69, 9.17) is 5.11 Å². The van der Waals surface area contributed by atoms with Gasteiger partial charge in [-0.2, -0.15) is 0 Å². The molecule has 0 aliphatic heterocycles. The lowest BCUT2D eigenvalue weighted by Crippen LogP contribution is -2.38. The average molecular weight is 261 g/mol. The Hall–Kier alpha value is -1.14. The number of alkyl halides is 2. The zero-order valence-corrected chi connectivity index (χ0v) is 10.1. The molecule has 0 aromatic heterocycles. The highest BCUT2D eigenvalue weighted by molar-refractivity contribution is 7.98. The Morgan fingerprint density at radius 1 is 1.41 bits per heavy atom. The van der Waals surface area contributed by atoms with E-state index in [0.717, 1.165) is 4.90 Å². The fourth-order valence-corrected chi connectivity index (χ4v) is 1.52. The molecule has 3 nitrogen and oxygen atoms in total. The van der Waals surface area contributed by atoms with Crippen LogP contribution in [0.25, 0.3) is 0 Å². The van der Waals surface area contributed by atoms with Crippen molar-refractivity contribution in [2.75, 3.05) is 19.4 Å². The van der Waals surface area contributed by atoms with E-state index < -0.39 is 25.0 Å². The Labute approximate surface area is 102 Å². The highest BCUT2D eigenvalue weighted by Crippen LogP contribution is 2.15. The summed E-state index contributed by atoms with van der Waals surface area (Å²) < 4.78 is 25.4. The standard InChI is InChI=1S/C11H13F2NO2S/c1-17-9-4-2-8(3-5-9)10(16)14-6-11(12,13)7-15/h2-5,15H,6-7H2,1H3,(H,14,16). The predicted molar refractivity (Wildman–Crippen MR) is 62.6 cm³/mol. The van der Waals surface area contributed by atoms with Crippen LogP contribution in [0.3, 0.4) is 0 Å². The van der Waals surface area contributed by atoms with Crippen LogP contribution in [0.15, 0.2) is 29.2 Å². The van der Waals surface area contributed by atoms with E-state index in [1.807, 2.05) is 6.26 Å². The largest absolute Gasteiger partial charge is 0.390 e. The summed E-state index contributed by atoms with van der Waals surface area (Å²) >= 11 is 1.53. The van der Waals surface area contributed by atoms with Gasteiger partial charge >= 0.3 is 0 Å². The summed E-state index contributed by atoms with van der Waals surface area (Å²) in [5.41, 5.74) is 0.316. The van der Waals surface area contributed by atoms with Gasteiger partial charge in [0.15, 0.2) is 0 Å². The summed E-state index contributed by atoms with van der Waals surface area (Å²) in [6.45, 7) is -2.15. The van der Waals surface area contributed by atoms with Crippen molar-refractivity contribution in [3.05, 3.63) is 29.8 Å². The third-order valence-corrected chi connectivity index (χ3v) is 2.83. The lowest BCUT2D eigenvalue weighted by atomic mass is 10.2. The monoisotopic (exact) mass is 261 g/mol. The molecule has 0 bridgehead atoms. The maximum absolute atomic E-state index is 12.7. The number of amides is 1. The number of hydrogen-bond acceptors (Lipinski definition) is 3. The molecule has 1 amide bonds. The highest BCUT2D eigenvalue weighted by Gasteiger charge is 2.28. The van der Waals surface area contributed by atoms with Gasteiger partial charge in [-0.05, 0) is 30.5 Å². The summed E-state index contributed by atoms with van der Waals surface area (Å²) in [6.07, 6.45) is 1.90. The van der Waals surface area contributed by atoms with Gasteiger partial charge in [0.1, 0.15) is 6.61 Å². The maximum atomic E-state index is 12.7. The fraction of sp³-hybridized carbons (Fsp3) is 0.364. The van der Waals surface area contributed by atoms with Crippen molar-refractivity contribution in [1.29, 1.82) is 0 Å². The lowest BCUT2D eigenvalue weighted by Gasteiger charge is -2.13. The van der Waals surface area contributed by atoms with Crippen molar-refractivity contribution in [3.8, 4) is 0 Å². The molecular formula is C11H13F2NO2S. The van der Waals surface area contributed by atoms with Crippen molar-refractivity contribution < 1.29 is 18.7 Å². The van der Waals surface area contributed by atoms with Gasteiger partial charge in [0, 0.05) is 10.5 Å². The van der Waals surface area contributed by atoms with Gasteiger partial charge in [0.05, 0.1) is 6.54 Å². The van der Waals surface area contributed by atoms with Gasteiger partial charge in [0.2, 0.25) is 0 Å². The lowest BCUT2D eigenvalue weighted by molar-refractivity contribution is -0.0462. The number of thioether (sulfide) groups is 1. The molecule has 0 unspecified atom stereocenters. The van der Waals surface area contributed by atoms with Gasteiger partial charge in [-0.15, -0.1) is 11.8 Å². The van der Waals surface area contributed by atoms with Crippen LogP contribution < -0.4 is 5.32 Å². The van der Waals surface area contributed by atoms with Crippen LogP contribution >= 0.6 is 11.8 Å². The van der Waals surface area contributed by atoms with Crippen LogP contribution in [0, 0.1) is 0 Å². The summed E-state index contributed by atoms with van der Waals surface area (Å²) in [4.78, 5) is 12.5. The van der Waals surface area contributed by atoms with Crippen molar-refractivity contribution in [3.63, 3.8) is 0 Å². The molecule has 0 saturated carbocycles. The predicted octanol–water partition coefficient (Wildman–Crippen LogP) is 1.77. The second kappa shape index (κ2) is 5.97. The fourth-order valence-electron chi connectivity index (χ4n) is 1.11. The smallest absolute Gasteiger partial charge is 0.287 e. The molecule has 6 heteroatoms. The third-order valence-electron chi connectivity index (χ3n) is 2.09. The zero-order valence-electron chi connectivity index (χ0n) is 9.24.